The molecule has 0 radical (unpaired) electrons. The Morgan fingerprint density at radius 2 is 1.00 bits per heavy atom. The van der Waals surface area contributed by atoms with Crippen molar-refractivity contribution >= 4 is 16.0 Å². The molecule has 0 fully saturated rings. The number of rotatable bonds is 24. The molecule has 0 aromatic rings. The number of amides is 1. The Morgan fingerprint density at radius 1 is 0.636 bits per heavy atom. The van der Waals surface area contributed by atoms with Crippen molar-refractivity contribution in [3.8, 4) is 0 Å². The molecular weight excluding hydrogens is 445 g/mol. The van der Waals surface area contributed by atoms with Crippen LogP contribution < -0.4 is 29.6 Å². The van der Waals surface area contributed by atoms with Crippen LogP contribution in [0.25, 0.3) is 0 Å². The van der Waals surface area contributed by atoms with Crippen LogP contribution in [0.4, 0.5) is 0 Å². The van der Waals surface area contributed by atoms with Crippen molar-refractivity contribution in [3.05, 3.63) is 0 Å². The third-order valence-electron chi connectivity index (χ3n) is 6.31. The molecule has 0 saturated heterocycles. The second-order valence-corrected chi connectivity index (χ2v) is 11.1. The number of carbonyl (C=O) groups excluding carboxylic acids is 1. The van der Waals surface area contributed by atoms with Crippen LogP contribution in [0.1, 0.15) is 142 Å². The van der Waals surface area contributed by atoms with Gasteiger partial charge in [-0.2, -0.15) is 0 Å². The second kappa shape index (κ2) is 25.5. The zero-order valence-electron chi connectivity index (χ0n) is 22.3. The first-order valence-electron chi connectivity index (χ1n) is 13.5. The van der Waals surface area contributed by atoms with Crippen molar-refractivity contribution < 1.29 is 47.3 Å². The summed E-state index contributed by atoms with van der Waals surface area (Å²) in [6.07, 6.45) is 25.5. The predicted octanol–water partition coefficient (Wildman–Crippen LogP) is 4.21. The third-order valence-corrected chi connectivity index (χ3v) is 7.10. The Hall–Kier alpha value is 0.380. The topological polar surface area (TPSA) is 77.5 Å². The molecule has 0 aromatic heterocycles. The van der Waals surface area contributed by atoms with E-state index in [1.165, 1.54) is 103 Å². The summed E-state index contributed by atoms with van der Waals surface area (Å²) >= 11 is 0. The number of unbranched alkanes of at least 4 members (excludes halogenated alkanes) is 18. The molecule has 0 aromatic carbocycles. The van der Waals surface area contributed by atoms with E-state index in [2.05, 4.69) is 6.92 Å². The Balaban J connectivity index is 0. The molecular formula is C26H52NNaO4S. The molecule has 1 amide bonds. The molecule has 0 atom stereocenters. The first-order chi connectivity index (χ1) is 15.4. The molecule has 0 heterocycles. The van der Waals surface area contributed by atoms with Gasteiger partial charge in [-0.25, -0.2) is 8.42 Å². The maximum Gasteiger partial charge on any atom is 1.00 e. The van der Waals surface area contributed by atoms with Gasteiger partial charge in [-0.1, -0.05) is 116 Å². The SMILES string of the molecule is CCCCCCCCCCCCCCCCCCCCC(=O)N(C)CCCCS(=O)(=O)[O-].[Na+]. The summed E-state index contributed by atoms with van der Waals surface area (Å²) < 4.78 is 31.7. The number of carbonyl (C=O) groups is 1. The minimum atomic E-state index is -4.14. The minimum Gasteiger partial charge on any atom is -0.748 e. The van der Waals surface area contributed by atoms with E-state index in [0.29, 0.717) is 25.8 Å². The Morgan fingerprint density at radius 3 is 1.36 bits per heavy atom. The van der Waals surface area contributed by atoms with Gasteiger partial charge in [0.25, 0.3) is 0 Å². The van der Waals surface area contributed by atoms with E-state index in [1.54, 1.807) is 11.9 Å². The molecule has 0 unspecified atom stereocenters. The standard InChI is InChI=1S/C26H53NO4S.Na/c1-3-4-5-6-7-8-9-10-11-12-13-14-15-16-17-18-19-20-23-26(28)27(2)24-21-22-25-32(29,30)31;/h3-25H2,1-2H3,(H,29,30,31);/q;+1/p-1. The normalized spacial score (nSPS) is 11.4. The van der Waals surface area contributed by atoms with Crippen LogP contribution in [0.2, 0.25) is 0 Å². The van der Waals surface area contributed by atoms with Crippen LogP contribution in [-0.2, 0) is 14.9 Å². The summed E-state index contributed by atoms with van der Waals surface area (Å²) in [5.74, 6) is -0.222. The van der Waals surface area contributed by atoms with Crippen LogP contribution in [0.15, 0.2) is 0 Å². The van der Waals surface area contributed by atoms with Gasteiger partial charge in [0.1, 0.15) is 0 Å². The summed E-state index contributed by atoms with van der Waals surface area (Å²) in [5.41, 5.74) is 0. The van der Waals surface area contributed by atoms with Crippen LogP contribution in [0.5, 0.6) is 0 Å². The second-order valence-electron chi connectivity index (χ2n) is 9.54. The van der Waals surface area contributed by atoms with E-state index < -0.39 is 10.1 Å². The molecule has 192 valence electrons. The molecule has 0 rings (SSSR count). The van der Waals surface area contributed by atoms with E-state index in [9.17, 15) is 17.8 Å². The number of hydrogen-bond donors (Lipinski definition) is 0. The fraction of sp³-hybridized carbons (Fsp3) is 0.962. The quantitative estimate of drug-likeness (QED) is 0.114. The van der Waals surface area contributed by atoms with Gasteiger partial charge in [0.05, 0.1) is 10.1 Å². The van der Waals surface area contributed by atoms with E-state index in [4.69, 9.17) is 0 Å². The van der Waals surface area contributed by atoms with Crippen LogP contribution >= 0.6 is 0 Å². The van der Waals surface area contributed by atoms with Gasteiger partial charge in [0.2, 0.25) is 5.91 Å². The van der Waals surface area contributed by atoms with E-state index in [1.807, 2.05) is 0 Å². The van der Waals surface area contributed by atoms with E-state index in [0.717, 1.165) is 12.8 Å². The molecule has 0 N–H and O–H groups in total. The summed E-state index contributed by atoms with van der Waals surface area (Å²) in [6.45, 7) is 2.80. The zero-order valence-corrected chi connectivity index (χ0v) is 25.1. The Kier molecular flexibility index (Phi) is 27.4. The summed E-state index contributed by atoms with van der Waals surface area (Å²) in [5, 5.41) is 0. The van der Waals surface area contributed by atoms with Gasteiger partial charge in [-0.3, -0.25) is 4.79 Å². The first kappa shape index (κ1) is 35.5. The Bertz CT molecular complexity index is 528. The van der Waals surface area contributed by atoms with Gasteiger partial charge >= 0.3 is 29.6 Å². The van der Waals surface area contributed by atoms with Crippen molar-refractivity contribution in [2.45, 2.75) is 142 Å². The summed E-state index contributed by atoms with van der Waals surface area (Å²) in [4.78, 5) is 13.7. The average molecular weight is 498 g/mol. The largest absolute Gasteiger partial charge is 1.00 e. The first-order valence-corrected chi connectivity index (χ1v) is 15.1. The molecule has 0 bridgehead atoms. The van der Waals surface area contributed by atoms with Gasteiger partial charge in [0, 0.05) is 25.8 Å². The zero-order chi connectivity index (χ0) is 23.9. The van der Waals surface area contributed by atoms with E-state index >= 15 is 0 Å². The fourth-order valence-corrected chi connectivity index (χ4v) is 4.68. The van der Waals surface area contributed by atoms with Crippen molar-refractivity contribution in [2.24, 2.45) is 0 Å². The van der Waals surface area contributed by atoms with Crippen molar-refractivity contribution in [1.82, 2.24) is 4.90 Å². The van der Waals surface area contributed by atoms with Crippen LogP contribution in [0.3, 0.4) is 0 Å². The molecule has 5 nitrogen and oxygen atoms in total. The minimum absolute atomic E-state index is 0. The maximum atomic E-state index is 12.1. The average Bonchev–Trinajstić information content (AvgIpc) is 2.74. The monoisotopic (exact) mass is 497 g/mol. The maximum absolute atomic E-state index is 12.1. The van der Waals surface area contributed by atoms with Gasteiger partial charge in [0.15, 0.2) is 0 Å². The van der Waals surface area contributed by atoms with Crippen molar-refractivity contribution in [1.29, 1.82) is 0 Å². The van der Waals surface area contributed by atoms with E-state index in [-0.39, 0.29) is 41.2 Å². The Labute approximate surface area is 228 Å². The molecule has 0 aliphatic carbocycles. The van der Waals surface area contributed by atoms with Crippen LogP contribution in [0, 0.1) is 0 Å². The van der Waals surface area contributed by atoms with Gasteiger partial charge in [-0.05, 0) is 19.3 Å². The van der Waals surface area contributed by atoms with Gasteiger partial charge in [-0.15, -0.1) is 0 Å². The molecule has 0 saturated carbocycles. The summed E-state index contributed by atoms with van der Waals surface area (Å²) in [6, 6.07) is 0. The predicted molar refractivity (Wildman–Crippen MR) is 135 cm³/mol. The smallest absolute Gasteiger partial charge is 0.748 e. The molecule has 0 aliphatic heterocycles. The third kappa shape index (κ3) is 28.5. The molecule has 33 heavy (non-hydrogen) atoms. The molecule has 0 aliphatic rings. The fourth-order valence-electron chi connectivity index (χ4n) is 4.12. The number of nitrogens with zero attached hydrogens (tertiary/aromatic N) is 1. The van der Waals surface area contributed by atoms with Crippen molar-refractivity contribution in [2.75, 3.05) is 19.3 Å². The molecule has 0 spiro atoms. The molecule has 7 heteroatoms. The van der Waals surface area contributed by atoms with Crippen LogP contribution in [-0.4, -0.2) is 43.1 Å². The van der Waals surface area contributed by atoms with Gasteiger partial charge < -0.3 is 9.45 Å². The summed E-state index contributed by atoms with van der Waals surface area (Å²) in [7, 11) is -2.38. The number of hydrogen-bond acceptors (Lipinski definition) is 4. The van der Waals surface area contributed by atoms with Crippen molar-refractivity contribution in [3.63, 3.8) is 0 Å².